The summed E-state index contributed by atoms with van der Waals surface area (Å²) in [5.41, 5.74) is 2.95. The van der Waals surface area contributed by atoms with Gasteiger partial charge in [-0.15, -0.1) is 0 Å². The number of halogens is 2. The minimum Gasteiger partial charge on any atom is -0.434 e. The second-order valence-electron chi connectivity index (χ2n) is 7.75. The van der Waals surface area contributed by atoms with Crippen molar-refractivity contribution in [3.8, 4) is 16.9 Å². The molecule has 1 fully saturated rings. The number of alkyl halides is 2. The van der Waals surface area contributed by atoms with Gasteiger partial charge in [0.15, 0.2) is 0 Å². The Labute approximate surface area is 207 Å². The second kappa shape index (κ2) is 12.5. The van der Waals surface area contributed by atoms with Crippen molar-refractivity contribution >= 4 is 23.8 Å². The van der Waals surface area contributed by atoms with E-state index in [0.29, 0.717) is 35.9 Å². The van der Waals surface area contributed by atoms with Crippen LogP contribution in [0.1, 0.15) is 15.9 Å². The third-order valence-electron chi connectivity index (χ3n) is 5.51. The van der Waals surface area contributed by atoms with Crippen LogP contribution in [0.4, 0.5) is 20.4 Å². The van der Waals surface area contributed by atoms with Gasteiger partial charge >= 0.3 is 6.61 Å². The van der Waals surface area contributed by atoms with Gasteiger partial charge in [0.2, 0.25) is 5.95 Å². The van der Waals surface area contributed by atoms with E-state index in [1.165, 1.54) is 13.1 Å². The van der Waals surface area contributed by atoms with E-state index in [2.05, 4.69) is 25.3 Å². The first-order chi connectivity index (χ1) is 17.5. The van der Waals surface area contributed by atoms with E-state index < -0.39 is 6.61 Å². The number of aliphatic hydroxyl groups is 1. The van der Waals surface area contributed by atoms with E-state index in [4.69, 9.17) is 5.11 Å². The highest BCUT2D eigenvalue weighted by Crippen LogP contribution is 2.28. The normalized spacial score (nSPS) is 12.8. The summed E-state index contributed by atoms with van der Waals surface area (Å²) in [6, 6.07) is 11.7. The van der Waals surface area contributed by atoms with Crippen LogP contribution in [0.25, 0.3) is 11.1 Å². The minimum absolute atomic E-state index is 0.0189. The molecule has 36 heavy (non-hydrogen) atoms. The zero-order valence-electron chi connectivity index (χ0n) is 19.8. The number of nitrogens with zero attached hydrogens (tertiary/aromatic N) is 3. The fourth-order valence-electron chi connectivity index (χ4n) is 3.65. The number of carbonyl (C=O) groups is 2. The Bertz CT molecular complexity index is 1170. The molecule has 1 aliphatic heterocycles. The maximum absolute atomic E-state index is 12.7. The van der Waals surface area contributed by atoms with E-state index in [1.54, 1.807) is 48.8 Å². The molecule has 0 spiro atoms. The number of amides is 1. The molecule has 2 aromatic carbocycles. The van der Waals surface area contributed by atoms with Gasteiger partial charge in [0.1, 0.15) is 12.0 Å². The third kappa shape index (κ3) is 6.30. The fourth-order valence-corrected chi connectivity index (χ4v) is 3.65. The second-order valence-corrected chi connectivity index (χ2v) is 7.75. The number of benzene rings is 2. The van der Waals surface area contributed by atoms with Crippen LogP contribution < -0.4 is 20.3 Å². The number of nitrogens with one attached hydrogen (secondary N) is 2. The van der Waals surface area contributed by atoms with E-state index in [0.717, 1.165) is 24.5 Å². The number of para-hydroxylation sites is 1. The summed E-state index contributed by atoms with van der Waals surface area (Å²) < 4.78 is 30.1. The molecule has 3 aromatic rings. The lowest BCUT2D eigenvalue weighted by molar-refractivity contribution is -0.111. The van der Waals surface area contributed by atoms with Gasteiger partial charge in [-0.2, -0.15) is 8.78 Å². The molecule has 1 amide bonds. The highest BCUT2D eigenvalue weighted by atomic mass is 19.3. The molecule has 2 heterocycles. The van der Waals surface area contributed by atoms with Crippen LogP contribution in [0.15, 0.2) is 54.9 Å². The van der Waals surface area contributed by atoms with E-state index in [9.17, 15) is 18.4 Å². The van der Waals surface area contributed by atoms with Gasteiger partial charge < -0.3 is 30.2 Å². The number of aldehydes is 1. The van der Waals surface area contributed by atoms with Crippen LogP contribution in [-0.4, -0.2) is 61.1 Å². The maximum atomic E-state index is 12.7. The van der Waals surface area contributed by atoms with E-state index in [1.807, 2.05) is 4.90 Å². The summed E-state index contributed by atoms with van der Waals surface area (Å²) in [6.07, 6.45) is 4.30. The summed E-state index contributed by atoms with van der Waals surface area (Å²) in [5.74, 6) is 0.345. The standard InChI is InChI=1S/C24H23F2N5O3.CH4O/c1-27-22(33)19-7-6-16(18-10-29-24(30-11-18)31-12-15(13-31)14-32)8-20(19)28-9-17-4-2-3-5-21(17)34-23(25)26;1-2/h2-8,10-11,14-15,23,28H,9,12-13H2,1H3,(H,27,33);2H,1H3. The molecule has 0 unspecified atom stereocenters. The number of anilines is 2. The Hall–Kier alpha value is -4.12. The molecule has 0 radical (unpaired) electrons. The molecular formula is C25H27F2N5O4. The van der Waals surface area contributed by atoms with Gasteiger partial charge in [-0.3, -0.25) is 4.79 Å². The first kappa shape index (κ1) is 26.5. The number of hydrogen-bond donors (Lipinski definition) is 3. The lowest BCUT2D eigenvalue weighted by Crippen LogP contribution is -2.48. The summed E-state index contributed by atoms with van der Waals surface area (Å²) in [6.45, 7) is -1.56. The lowest BCUT2D eigenvalue weighted by Gasteiger charge is -2.35. The van der Waals surface area contributed by atoms with Crippen molar-refractivity contribution in [2.24, 2.45) is 5.92 Å². The van der Waals surface area contributed by atoms with Crippen LogP contribution in [0, 0.1) is 5.92 Å². The number of rotatable bonds is 9. The molecule has 0 atom stereocenters. The van der Waals surface area contributed by atoms with Gasteiger partial charge in [0, 0.05) is 68.9 Å². The number of hydrogen-bond acceptors (Lipinski definition) is 8. The van der Waals surface area contributed by atoms with Crippen molar-refractivity contribution < 1.29 is 28.2 Å². The molecule has 4 rings (SSSR count). The Kier molecular flexibility index (Phi) is 9.23. The number of ether oxygens (including phenoxy) is 1. The number of carbonyl (C=O) groups excluding carboxylic acids is 2. The predicted octanol–water partition coefficient (Wildman–Crippen LogP) is 2.96. The highest BCUT2D eigenvalue weighted by molar-refractivity contribution is 6.00. The first-order valence-electron chi connectivity index (χ1n) is 11.1. The summed E-state index contributed by atoms with van der Waals surface area (Å²) >= 11 is 0. The van der Waals surface area contributed by atoms with E-state index in [-0.39, 0.29) is 24.1 Å². The molecule has 0 aliphatic carbocycles. The monoisotopic (exact) mass is 499 g/mol. The maximum Gasteiger partial charge on any atom is 0.387 e. The van der Waals surface area contributed by atoms with Gasteiger partial charge in [0.25, 0.3) is 5.91 Å². The van der Waals surface area contributed by atoms with Gasteiger partial charge in [-0.1, -0.05) is 24.3 Å². The largest absolute Gasteiger partial charge is 0.434 e. The molecule has 3 N–H and O–H groups in total. The average molecular weight is 500 g/mol. The van der Waals surface area contributed by atoms with Crippen LogP contribution in [0.2, 0.25) is 0 Å². The summed E-state index contributed by atoms with van der Waals surface area (Å²) in [4.78, 5) is 33.9. The van der Waals surface area contributed by atoms with Gasteiger partial charge in [-0.25, -0.2) is 9.97 Å². The van der Waals surface area contributed by atoms with Crippen molar-refractivity contribution in [2.75, 3.05) is 37.5 Å². The smallest absolute Gasteiger partial charge is 0.387 e. The summed E-state index contributed by atoms with van der Waals surface area (Å²) in [7, 11) is 2.53. The van der Waals surface area contributed by atoms with Crippen LogP contribution in [0.3, 0.4) is 0 Å². The van der Waals surface area contributed by atoms with Crippen LogP contribution in [-0.2, 0) is 11.3 Å². The Morgan fingerprint density at radius 1 is 1.17 bits per heavy atom. The zero-order chi connectivity index (χ0) is 26.1. The first-order valence-corrected chi connectivity index (χ1v) is 11.1. The van der Waals surface area contributed by atoms with E-state index >= 15 is 0 Å². The molecule has 0 bridgehead atoms. The fraction of sp³-hybridized carbons (Fsp3) is 0.280. The van der Waals surface area contributed by atoms with Crippen molar-refractivity contribution in [1.29, 1.82) is 0 Å². The topological polar surface area (TPSA) is 117 Å². The Balaban J connectivity index is 0.00000176. The van der Waals surface area contributed by atoms with Gasteiger partial charge in [-0.05, 0) is 23.8 Å². The van der Waals surface area contributed by atoms with Gasteiger partial charge in [0.05, 0.1) is 5.56 Å². The summed E-state index contributed by atoms with van der Waals surface area (Å²) in [5, 5.41) is 12.8. The SMILES string of the molecule is CNC(=O)c1ccc(-c2cnc(N3CC(C=O)C3)nc2)cc1NCc1ccccc1OC(F)F.CO. The molecule has 9 nitrogen and oxygen atoms in total. The van der Waals surface area contributed by atoms with Crippen LogP contribution >= 0.6 is 0 Å². The quantitative estimate of drug-likeness (QED) is 0.385. The van der Waals surface area contributed by atoms with Crippen molar-refractivity contribution in [3.63, 3.8) is 0 Å². The number of aliphatic hydroxyl groups excluding tert-OH is 1. The average Bonchev–Trinajstić information content (AvgIpc) is 2.88. The molecule has 11 heteroatoms. The van der Waals surface area contributed by atoms with Crippen molar-refractivity contribution in [3.05, 3.63) is 66.0 Å². The molecule has 1 aromatic heterocycles. The zero-order valence-corrected chi connectivity index (χ0v) is 19.8. The molecule has 1 saturated heterocycles. The minimum atomic E-state index is -2.94. The predicted molar refractivity (Wildman–Crippen MR) is 131 cm³/mol. The molecule has 1 aliphatic rings. The molecule has 0 saturated carbocycles. The molecule has 190 valence electrons. The van der Waals surface area contributed by atoms with Crippen molar-refractivity contribution in [1.82, 2.24) is 15.3 Å². The van der Waals surface area contributed by atoms with Crippen LogP contribution in [0.5, 0.6) is 5.75 Å². The Morgan fingerprint density at radius 2 is 1.86 bits per heavy atom. The molecular weight excluding hydrogens is 472 g/mol. The lowest BCUT2D eigenvalue weighted by atomic mass is 10.0. The third-order valence-corrected chi connectivity index (χ3v) is 5.51. The Morgan fingerprint density at radius 3 is 2.50 bits per heavy atom. The van der Waals surface area contributed by atoms with Crippen molar-refractivity contribution in [2.45, 2.75) is 13.2 Å². The number of aromatic nitrogens is 2. The highest BCUT2D eigenvalue weighted by Gasteiger charge is 2.28.